The number of aliphatic hydroxyl groups is 1. The van der Waals surface area contributed by atoms with Gasteiger partial charge < -0.3 is 19.8 Å². The molecule has 0 aromatic heterocycles. The normalized spacial score (nSPS) is 17.5. The Bertz CT molecular complexity index is 485. The Labute approximate surface area is 118 Å². The summed E-state index contributed by atoms with van der Waals surface area (Å²) in [5, 5.41) is 22.0. The summed E-state index contributed by atoms with van der Waals surface area (Å²) >= 11 is 0. The molecule has 2 rings (SSSR count). The second kappa shape index (κ2) is 6.72. The SMILES string of the molecule is CC(C)OCC(O)COc1cccc2c1CCC2=NO. The number of rotatable bonds is 6. The summed E-state index contributed by atoms with van der Waals surface area (Å²) in [6.07, 6.45) is 0.948. The molecule has 0 spiro atoms. The number of fused-ring (bicyclic) bond motifs is 1. The van der Waals surface area contributed by atoms with Crippen LogP contribution in [0.4, 0.5) is 0 Å². The zero-order valence-corrected chi connectivity index (χ0v) is 11.9. The third-order valence-electron chi connectivity index (χ3n) is 3.23. The molecule has 0 radical (unpaired) electrons. The summed E-state index contributed by atoms with van der Waals surface area (Å²) in [5.41, 5.74) is 2.66. The van der Waals surface area contributed by atoms with E-state index in [-0.39, 0.29) is 19.3 Å². The maximum absolute atomic E-state index is 9.79. The standard InChI is InChI=1S/C15H21NO4/c1-10(2)19-8-11(17)9-20-15-5-3-4-12-13(15)6-7-14(12)16-18/h3-5,10-11,17-18H,6-9H2,1-2H3. The van der Waals surface area contributed by atoms with E-state index in [2.05, 4.69) is 5.16 Å². The van der Waals surface area contributed by atoms with Gasteiger partial charge in [-0.2, -0.15) is 0 Å². The van der Waals surface area contributed by atoms with Crippen LogP contribution < -0.4 is 4.74 Å². The molecule has 110 valence electrons. The van der Waals surface area contributed by atoms with Crippen molar-refractivity contribution in [3.63, 3.8) is 0 Å². The molecule has 1 unspecified atom stereocenters. The summed E-state index contributed by atoms with van der Waals surface area (Å²) < 4.78 is 11.0. The highest BCUT2D eigenvalue weighted by atomic mass is 16.5. The van der Waals surface area contributed by atoms with Gasteiger partial charge >= 0.3 is 0 Å². The number of oxime groups is 1. The smallest absolute Gasteiger partial charge is 0.123 e. The van der Waals surface area contributed by atoms with Gasteiger partial charge in [-0.15, -0.1) is 0 Å². The Morgan fingerprint density at radius 3 is 2.75 bits per heavy atom. The molecule has 0 amide bonds. The van der Waals surface area contributed by atoms with Gasteiger partial charge in [-0.3, -0.25) is 0 Å². The van der Waals surface area contributed by atoms with Gasteiger partial charge in [0.05, 0.1) is 18.4 Å². The lowest BCUT2D eigenvalue weighted by molar-refractivity contribution is -0.0123. The van der Waals surface area contributed by atoms with Crippen molar-refractivity contribution in [1.29, 1.82) is 0 Å². The third kappa shape index (κ3) is 3.49. The van der Waals surface area contributed by atoms with E-state index in [9.17, 15) is 5.11 Å². The minimum absolute atomic E-state index is 0.0916. The quantitative estimate of drug-likeness (QED) is 0.617. The van der Waals surface area contributed by atoms with Gasteiger partial charge in [-0.1, -0.05) is 17.3 Å². The van der Waals surface area contributed by atoms with Crippen LogP contribution in [-0.4, -0.2) is 41.4 Å². The minimum Gasteiger partial charge on any atom is -0.490 e. The number of aliphatic hydroxyl groups excluding tert-OH is 1. The van der Waals surface area contributed by atoms with E-state index >= 15 is 0 Å². The predicted molar refractivity (Wildman–Crippen MR) is 75.7 cm³/mol. The van der Waals surface area contributed by atoms with Gasteiger partial charge in [-0.25, -0.2) is 0 Å². The zero-order valence-electron chi connectivity index (χ0n) is 11.9. The second-order valence-corrected chi connectivity index (χ2v) is 5.18. The number of benzene rings is 1. The molecule has 1 aromatic rings. The molecule has 1 aliphatic carbocycles. The molecule has 0 bridgehead atoms. The molecule has 1 aromatic carbocycles. The fraction of sp³-hybridized carbons (Fsp3) is 0.533. The highest BCUT2D eigenvalue weighted by Crippen LogP contribution is 2.30. The lowest BCUT2D eigenvalue weighted by atomic mass is 10.1. The fourth-order valence-electron chi connectivity index (χ4n) is 2.25. The predicted octanol–water partition coefficient (Wildman–Crippen LogP) is 1.98. The molecule has 0 fully saturated rings. The van der Waals surface area contributed by atoms with Crippen molar-refractivity contribution < 1.29 is 19.8 Å². The third-order valence-corrected chi connectivity index (χ3v) is 3.23. The lowest BCUT2D eigenvalue weighted by Crippen LogP contribution is -2.25. The van der Waals surface area contributed by atoms with Crippen molar-refractivity contribution in [2.75, 3.05) is 13.2 Å². The Kier molecular flexibility index (Phi) is 4.98. The maximum Gasteiger partial charge on any atom is 0.123 e. The molecule has 0 heterocycles. The monoisotopic (exact) mass is 279 g/mol. The van der Waals surface area contributed by atoms with Crippen LogP contribution >= 0.6 is 0 Å². The van der Waals surface area contributed by atoms with Crippen molar-refractivity contribution in [3.05, 3.63) is 29.3 Å². The molecule has 2 N–H and O–H groups in total. The van der Waals surface area contributed by atoms with E-state index in [1.807, 2.05) is 32.0 Å². The van der Waals surface area contributed by atoms with E-state index in [4.69, 9.17) is 14.7 Å². The molecule has 1 aliphatic rings. The Hall–Kier alpha value is -1.59. The van der Waals surface area contributed by atoms with Crippen LogP contribution in [0.15, 0.2) is 23.4 Å². The van der Waals surface area contributed by atoms with Crippen LogP contribution in [0.1, 0.15) is 31.4 Å². The van der Waals surface area contributed by atoms with E-state index < -0.39 is 6.10 Å². The number of ether oxygens (including phenoxy) is 2. The van der Waals surface area contributed by atoms with Crippen molar-refractivity contribution in [1.82, 2.24) is 0 Å². The molecule has 0 saturated heterocycles. The van der Waals surface area contributed by atoms with Gasteiger partial charge in [0.25, 0.3) is 0 Å². The van der Waals surface area contributed by atoms with Crippen LogP contribution in [-0.2, 0) is 11.2 Å². The summed E-state index contributed by atoms with van der Waals surface area (Å²) in [6, 6.07) is 5.65. The largest absolute Gasteiger partial charge is 0.490 e. The van der Waals surface area contributed by atoms with Crippen LogP contribution in [0.2, 0.25) is 0 Å². The topological polar surface area (TPSA) is 71.3 Å². The number of hydrogen-bond donors (Lipinski definition) is 2. The summed E-state index contributed by atoms with van der Waals surface area (Å²) in [5.74, 6) is 0.741. The number of hydrogen-bond acceptors (Lipinski definition) is 5. The second-order valence-electron chi connectivity index (χ2n) is 5.18. The first kappa shape index (κ1) is 14.8. The Morgan fingerprint density at radius 2 is 2.05 bits per heavy atom. The summed E-state index contributed by atoms with van der Waals surface area (Å²) in [4.78, 5) is 0. The van der Waals surface area contributed by atoms with Crippen molar-refractivity contribution in [2.45, 2.75) is 38.9 Å². The van der Waals surface area contributed by atoms with Crippen molar-refractivity contribution in [2.24, 2.45) is 5.16 Å². The van der Waals surface area contributed by atoms with E-state index in [0.717, 1.165) is 23.3 Å². The van der Waals surface area contributed by atoms with Crippen molar-refractivity contribution in [3.8, 4) is 5.75 Å². The van der Waals surface area contributed by atoms with E-state index in [0.29, 0.717) is 12.1 Å². The Balaban J connectivity index is 1.96. The minimum atomic E-state index is -0.652. The first-order chi connectivity index (χ1) is 9.61. The Morgan fingerprint density at radius 1 is 1.25 bits per heavy atom. The van der Waals surface area contributed by atoms with Gasteiger partial charge in [0, 0.05) is 11.1 Å². The van der Waals surface area contributed by atoms with Crippen LogP contribution in [0, 0.1) is 0 Å². The van der Waals surface area contributed by atoms with Gasteiger partial charge in [-0.05, 0) is 32.8 Å². The maximum atomic E-state index is 9.79. The van der Waals surface area contributed by atoms with Crippen LogP contribution in [0.3, 0.4) is 0 Å². The first-order valence-electron chi connectivity index (χ1n) is 6.87. The highest BCUT2D eigenvalue weighted by molar-refractivity contribution is 6.04. The average Bonchev–Trinajstić information content (AvgIpc) is 2.86. The van der Waals surface area contributed by atoms with Gasteiger partial charge in [0.15, 0.2) is 0 Å². The number of nitrogens with zero attached hydrogens (tertiary/aromatic N) is 1. The first-order valence-corrected chi connectivity index (χ1v) is 6.87. The zero-order chi connectivity index (χ0) is 14.5. The van der Waals surface area contributed by atoms with Crippen LogP contribution in [0.25, 0.3) is 0 Å². The molecular weight excluding hydrogens is 258 g/mol. The van der Waals surface area contributed by atoms with E-state index in [1.54, 1.807) is 0 Å². The van der Waals surface area contributed by atoms with E-state index in [1.165, 1.54) is 0 Å². The summed E-state index contributed by atoms with van der Waals surface area (Å²) in [6.45, 7) is 4.30. The highest BCUT2D eigenvalue weighted by Gasteiger charge is 2.22. The summed E-state index contributed by atoms with van der Waals surface area (Å²) in [7, 11) is 0. The molecule has 5 nitrogen and oxygen atoms in total. The van der Waals surface area contributed by atoms with Gasteiger partial charge in [0.2, 0.25) is 0 Å². The van der Waals surface area contributed by atoms with Gasteiger partial charge in [0.1, 0.15) is 18.5 Å². The molecule has 1 atom stereocenters. The fourth-order valence-corrected chi connectivity index (χ4v) is 2.25. The molecule has 20 heavy (non-hydrogen) atoms. The molecular formula is C15H21NO4. The van der Waals surface area contributed by atoms with Crippen molar-refractivity contribution >= 4 is 5.71 Å². The molecule has 5 heteroatoms. The lowest BCUT2D eigenvalue weighted by Gasteiger charge is -2.16. The average molecular weight is 279 g/mol. The van der Waals surface area contributed by atoms with Crippen LogP contribution in [0.5, 0.6) is 5.75 Å². The molecule has 0 saturated carbocycles. The molecule has 0 aliphatic heterocycles.